The van der Waals surface area contributed by atoms with Gasteiger partial charge in [-0.2, -0.15) is 0 Å². The van der Waals surface area contributed by atoms with E-state index in [1.807, 2.05) is 6.92 Å². The summed E-state index contributed by atoms with van der Waals surface area (Å²) in [7, 11) is -0.762. The third-order valence-corrected chi connectivity index (χ3v) is 4.35. The van der Waals surface area contributed by atoms with E-state index in [0.29, 0.717) is 35.8 Å². The van der Waals surface area contributed by atoms with Crippen molar-refractivity contribution in [3.63, 3.8) is 0 Å². The van der Waals surface area contributed by atoms with Crippen LogP contribution in [0.15, 0.2) is 18.2 Å². The lowest BCUT2D eigenvalue weighted by molar-refractivity contribution is 0.0770. The number of nitrogens with zero attached hydrogens (tertiary/aromatic N) is 1. The fraction of sp³-hybridized carbons (Fsp3) is 0.417. The van der Waals surface area contributed by atoms with Gasteiger partial charge in [-0.1, -0.05) is 6.07 Å². The average molecular weight is 252 g/mol. The first-order valence-corrected chi connectivity index (χ1v) is 7.07. The minimum atomic E-state index is -0.762. The molecule has 5 heteroatoms. The van der Waals surface area contributed by atoms with Gasteiger partial charge in [0.2, 0.25) is 0 Å². The van der Waals surface area contributed by atoms with E-state index in [2.05, 4.69) is 0 Å². The number of anilines is 1. The maximum atomic E-state index is 12.3. The lowest BCUT2D eigenvalue weighted by atomic mass is 10.1. The Kier molecular flexibility index (Phi) is 3.47. The van der Waals surface area contributed by atoms with E-state index in [9.17, 15) is 9.00 Å². The quantitative estimate of drug-likeness (QED) is 0.751. The van der Waals surface area contributed by atoms with Gasteiger partial charge in [-0.15, -0.1) is 0 Å². The summed E-state index contributed by atoms with van der Waals surface area (Å²) in [5, 5.41) is 0. The molecule has 1 aromatic carbocycles. The van der Waals surface area contributed by atoms with Gasteiger partial charge in [0.15, 0.2) is 0 Å². The predicted octanol–water partition coefficient (Wildman–Crippen LogP) is 0.782. The minimum Gasteiger partial charge on any atom is -0.398 e. The Hall–Kier alpha value is -1.36. The van der Waals surface area contributed by atoms with E-state index in [0.717, 1.165) is 5.56 Å². The number of hydrogen-bond acceptors (Lipinski definition) is 3. The van der Waals surface area contributed by atoms with Crippen LogP contribution in [0.5, 0.6) is 0 Å². The molecule has 1 heterocycles. The van der Waals surface area contributed by atoms with Crippen molar-refractivity contribution in [1.29, 1.82) is 0 Å². The highest BCUT2D eigenvalue weighted by atomic mass is 32.2. The topological polar surface area (TPSA) is 63.4 Å². The third-order valence-electron chi connectivity index (χ3n) is 3.07. The standard InChI is InChI=1S/C12H16N2O2S/c1-9-10(3-2-4-11(9)13)12(15)14-5-7-17(16)8-6-14/h2-4H,5-8,13H2,1H3. The fourth-order valence-corrected chi connectivity index (χ4v) is 2.95. The highest BCUT2D eigenvalue weighted by molar-refractivity contribution is 7.85. The number of hydrogen-bond donors (Lipinski definition) is 1. The molecule has 0 saturated carbocycles. The number of carbonyl (C=O) groups is 1. The Morgan fingerprint density at radius 2 is 2.00 bits per heavy atom. The predicted molar refractivity (Wildman–Crippen MR) is 69.4 cm³/mol. The van der Waals surface area contributed by atoms with Crippen LogP contribution in [-0.4, -0.2) is 39.6 Å². The number of nitrogens with two attached hydrogens (primary N) is 1. The smallest absolute Gasteiger partial charge is 0.254 e. The molecule has 2 rings (SSSR count). The zero-order chi connectivity index (χ0) is 12.4. The highest BCUT2D eigenvalue weighted by Gasteiger charge is 2.22. The maximum absolute atomic E-state index is 12.3. The van der Waals surface area contributed by atoms with Gasteiger partial charge < -0.3 is 10.6 Å². The molecule has 1 aromatic rings. The van der Waals surface area contributed by atoms with Gasteiger partial charge in [-0.3, -0.25) is 9.00 Å². The van der Waals surface area contributed by atoms with Gasteiger partial charge in [0.05, 0.1) is 0 Å². The van der Waals surface area contributed by atoms with Crippen LogP contribution in [-0.2, 0) is 10.8 Å². The van der Waals surface area contributed by atoms with Crippen LogP contribution in [0.1, 0.15) is 15.9 Å². The first-order chi connectivity index (χ1) is 8.09. The molecule has 92 valence electrons. The molecule has 0 atom stereocenters. The Labute approximate surface area is 103 Å². The van der Waals surface area contributed by atoms with Crippen molar-refractivity contribution in [3.8, 4) is 0 Å². The number of rotatable bonds is 1. The first kappa shape index (κ1) is 12.1. The molecule has 1 saturated heterocycles. The Bertz CT molecular complexity index is 464. The second kappa shape index (κ2) is 4.87. The van der Waals surface area contributed by atoms with Gasteiger partial charge in [0, 0.05) is 46.6 Å². The molecule has 1 fully saturated rings. The Balaban J connectivity index is 2.20. The van der Waals surface area contributed by atoms with Crippen LogP contribution in [0, 0.1) is 6.92 Å². The number of nitrogen functional groups attached to an aromatic ring is 1. The SMILES string of the molecule is Cc1c(N)cccc1C(=O)N1CCS(=O)CC1. The summed E-state index contributed by atoms with van der Waals surface area (Å²) in [4.78, 5) is 14.0. The van der Waals surface area contributed by atoms with Gasteiger partial charge in [0.25, 0.3) is 5.91 Å². The second-order valence-electron chi connectivity index (χ2n) is 4.16. The molecule has 1 aliphatic rings. The zero-order valence-corrected chi connectivity index (χ0v) is 10.6. The van der Waals surface area contributed by atoms with Crippen LogP contribution in [0.25, 0.3) is 0 Å². The summed E-state index contributed by atoms with van der Waals surface area (Å²) in [5.74, 6) is 1.15. The van der Waals surface area contributed by atoms with Gasteiger partial charge in [-0.25, -0.2) is 0 Å². The molecule has 1 aliphatic heterocycles. The summed E-state index contributed by atoms with van der Waals surface area (Å²) in [6.07, 6.45) is 0. The van der Waals surface area contributed by atoms with E-state index < -0.39 is 10.8 Å². The van der Waals surface area contributed by atoms with Crippen molar-refractivity contribution in [2.45, 2.75) is 6.92 Å². The molecule has 0 unspecified atom stereocenters. The lowest BCUT2D eigenvalue weighted by Gasteiger charge is -2.27. The molecular formula is C12H16N2O2S. The van der Waals surface area contributed by atoms with E-state index >= 15 is 0 Å². The van der Waals surface area contributed by atoms with E-state index in [1.165, 1.54) is 0 Å². The van der Waals surface area contributed by atoms with Crippen molar-refractivity contribution in [3.05, 3.63) is 29.3 Å². The third kappa shape index (κ3) is 2.49. The van der Waals surface area contributed by atoms with Crippen LogP contribution in [0.3, 0.4) is 0 Å². The molecule has 0 aliphatic carbocycles. The Morgan fingerprint density at radius 3 is 2.65 bits per heavy atom. The number of amides is 1. The van der Waals surface area contributed by atoms with Crippen LogP contribution in [0.4, 0.5) is 5.69 Å². The zero-order valence-electron chi connectivity index (χ0n) is 9.81. The number of benzene rings is 1. The fourth-order valence-electron chi connectivity index (χ4n) is 1.90. The van der Waals surface area contributed by atoms with Crippen molar-refractivity contribution in [2.75, 3.05) is 30.3 Å². The first-order valence-electron chi connectivity index (χ1n) is 5.59. The molecule has 0 aromatic heterocycles. The van der Waals surface area contributed by atoms with Crippen molar-refractivity contribution in [2.24, 2.45) is 0 Å². The summed E-state index contributed by atoms with van der Waals surface area (Å²) in [6, 6.07) is 5.37. The molecule has 17 heavy (non-hydrogen) atoms. The Morgan fingerprint density at radius 1 is 1.35 bits per heavy atom. The van der Waals surface area contributed by atoms with E-state index in [1.54, 1.807) is 23.1 Å². The summed E-state index contributed by atoms with van der Waals surface area (Å²) in [6.45, 7) is 2.99. The molecule has 0 radical (unpaired) electrons. The lowest BCUT2D eigenvalue weighted by Crippen LogP contribution is -2.42. The van der Waals surface area contributed by atoms with Gasteiger partial charge in [-0.05, 0) is 24.6 Å². The van der Waals surface area contributed by atoms with Crippen LogP contribution in [0.2, 0.25) is 0 Å². The number of carbonyl (C=O) groups excluding carboxylic acids is 1. The molecule has 2 N–H and O–H groups in total. The van der Waals surface area contributed by atoms with Gasteiger partial charge in [0.1, 0.15) is 0 Å². The monoisotopic (exact) mass is 252 g/mol. The molecular weight excluding hydrogens is 236 g/mol. The largest absolute Gasteiger partial charge is 0.398 e. The summed E-state index contributed by atoms with van der Waals surface area (Å²) < 4.78 is 11.2. The van der Waals surface area contributed by atoms with Crippen molar-refractivity contribution >= 4 is 22.4 Å². The minimum absolute atomic E-state index is 0.00787. The molecule has 1 amide bonds. The summed E-state index contributed by atoms with van der Waals surface area (Å²) >= 11 is 0. The second-order valence-corrected chi connectivity index (χ2v) is 5.86. The molecule has 0 spiro atoms. The molecule has 4 nitrogen and oxygen atoms in total. The highest BCUT2D eigenvalue weighted by Crippen LogP contribution is 2.18. The maximum Gasteiger partial charge on any atom is 0.254 e. The van der Waals surface area contributed by atoms with Crippen LogP contribution < -0.4 is 5.73 Å². The van der Waals surface area contributed by atoms with Crippen molar-refractivity contribution < 1.29 is 9.00 Å². The molecule has 0 bridgehead atoms. The van der Waals surface area contributed by atoms with E-state index in [4.69, 9.17) is 5.73 Å². The van der Waals surface area contributed by atoms with Crippen LogP contribution >= 0.6 is 0 Å². The van der Waals surface area contributed by atoms with Gasteiger partial charge >= 0.3 is 0 Å². The van der Waals surface area contributed by atoms with E-state index in [-0.39, 0.29) is 5.91 Å². The summed E-state index contributed by atoms with van der Waals surface area (Å²) in [5.41, 5.74) is 7.90. The van der Waals surface area contributed by atoms with Crippen molar-refractivity contribution in [1.82, 2.24) is 4.90 Å². The average Bonchev–Trinajstić information content (AvgIpc) is 2.33. The normalized spacial score (nSPS) is 17.1.